The molecule has 0 amide bonds. The minimum Gasteiger partial charge on any atom is -0.480 e. The molecular weight excluding hydrogens is 223 g/mol. The van der Waals surface area contributed by atoms with Gasteiger partial charge in [-0.2, -0.15) is 5.10 Å². The van der Waals surface area contributed by atoms with Gasteiger partial charge in [-0.25, -0.2) is 9.07 Å². The summed E-state index contributed by atoms with van der Waals surface area (Å²) in [5.41, 5.74) is 0.348. The molecule has 15 heavy (non-hydrogen) atoms. The Hall–Kier alpha value is -1.62. The maximum atomic E-state index is 12.8. The highest BCUT2D eigenvalue weighted by Gasteiger charge is 2.11. The van der Waals surface area contributed by atoms with Crippen LogP contribution in [0.2, 0.25) is 5.15 Å². The molecule has 1 heterocycles. The van der Waals surface area contributed by atoms with E-state index in [0.717, 1.165) is 4.68 Å². The van der Waals surface area contributed by atoms with Crippen molar-refractivity contribution in [3.8, 4) is 0 Å². The Labute approximate surface area is 88.9 Å². The van der Waals surface area contributed by atoms with E-state index in [-0.39, 0.29) is 11.7 Å². The number of carboxylic acids is 1. The lowest BCUT2D eigenvalue weighted by Crippen LogP contribution is -2.09. The molecule has 0 radical (unpaired) electrons. The molecule has 0 aliphatic rings. The van der Waals surface area contributed by atoms with Gasteiger partial charge < -0.3 is 5.11 Å². The summed E-state index contributed by atoms with van der Waals surface area (Å²) in [6.07, 6.45) is 0. The van der Waals surface area contributed by atoms with Crippen LogP contribution in [0.3, 0.4) is 0 Å². The second kappa shape index (κ2) is 3.51. The standard InChI is InChI=1S/C9H6ClFN2O2/c10-9-6-2-1-5(11)3-7(6)12-13(9)4-8(14)15/h1-3H,4H2,(H,14,15). The van der Waals surface area contributed by atoms with Crippen molar-refractivity contribution in [1.82, 2.24) is 9.78 Å². The highest BCUT2D eigenvalue weighted by Crippen LogP contribution is 2.23. The SMILES string of the molecule is O=C(O)Cn1nc2cc(F)ccc2c1Cl. The first-order chi connectivity index (χ1) is 7.08. The number of carboxylic acid groups (broad SMARTS) is 1. The Bertz CT molecular complexity index is 538. The van der Waals surface area contributed by atoms with Crippen molar-refractivity contribution in [2.24, 2.45) is 0 Å². The smallest absolute Gasteiger partial charge is 0.325 e. The first-order valence-corrected chi connectivity index (χ1v) is 4.49. The summed E-state index contributed by atoms with van der Waals surface area (Å²) in [5.74, 6) is -1.48. The van der Waals surface area contributed by atoms with Crippen molar-refractivity contribution >= 4 is 28.5 Å². The van der Waals surface area contributed by atoms with Crippen LogP contribution in [0.15, 0.2) is 18.2 Å². The molecule has 1 N–H and O–H groups in total. The zero-order valence-electron chi connectivity index (χ0n) is 7.44. The molecule has 0 spiro atoms. The fourth-order valence-electron chi connectivity index (χ4n) is 1.31. The van der Waals surface area contributed by atoms with E-state index in [1.807, 2.05) is 0 Å². The van der Waals surface area contributed by atoms with E-state index in [0.29, 0.717) is 10.9 Å². The third-order valence-corrected chi connectivity index (χ3v) is 2.32. The van der Waals surface area contributed by atoms with Crippen LogP contribution >= 0.6 is 11.6 Å². The molecule has 0 saturated carbocycles. The van der Waals surface area contributed by atoms with Crippen LogP contribution in [0.25, 0.3) is 10.9 Å². The Morgan fingerprint density at radius 3 is 3.00 bits per heavy atom. The van der Waals surface area contributed by atoms with Gasteiger partial charge in [-0.1, -0.05) is 11.6 Å². The first-order valence-electron chi connectivity index (χ1n) is 4.11. The predicted molar refractivity (Wildman–Crippen MR) is 52.3 cm³/mol. The summed E-state index contributed by atoms with van der Waals surface area (Å²) in [5, 5.41) is 13.2. The fourth-order valence-corrected chi connectivity index (χ4v) is 1.57. The second-order valence-corrected chi connectivity index (χ2v) is 3.36. The summed E-state index contributed by atoms with van der Waals surface area (Å²) < 4.78 is 14.0. The Morgan fingerprint density at radius 2 is 2.33 bits per heavy atom. The van der Waals surface area contributed by atoms with Gasteiger partial charge in [0.05, 0.1) is 5.52 Å². The normalized spacial score (nSPS) is 10.8. The van der Waals surface area contributed by atoms with Crippen molar-refractivity contribution in [3.05, 3.63) is 29.2 Å². The quantitative estimate of drug-likeness (QED) is 0.854. The number of halogens is 2. The van der Waals surface area contributed by atoms with Crippen LogP contribution in [0, 0.1) is 5.82 Å². The maximum absolute atomic E-state index is 12.8. The Balaban J connectivity index is 2.58. The molecule has 2 rings (SSSR count). The van der Waals surface area contributed by atoms with Gasteiger partial charge in [0.1, 0.15) is 17.5 Å². The fraction of sp³-hybridized carbons (Fsp3) is 0.111. The zero-order chi connectivity index (χ0) is 11.0. The summed E-state index contributed by atoms with van der Waals surface area (Å²) in [7, 11) is 0. The summed E-state index contributed by atoms with van der Waals surface area (Å²) in [6, 6.07) is 3.93. The molecule has 0 bridgehead atoms. The molecule has 78 valence electrons. The van der Waals surface area contributed by atoms with E-state index >= 15 is 0 Å². The third-order valence-electron chi connectivity index (χ3n) is 1.92. The van der Waals surface area contributed by atoms with Crippen molar-refractivity contribution < 1.29 is 14.3 Å². The highest BCUT2D eigenvalue weighted by atomic mass is 35.5. The van der Waals surface area contributed by atoms with Gasteiger partial charge in [0.2, 0.25) is 0 Å². The van der Waals surface area contributed by atoms with Gasteiger partial charge >= 0.3 is 5.97 Å². The number of hydrogen-bond acceptors (Lipinski definition) is 2. The number of benzene rings is 1. The monoisotopic (exact) mass is 228 g/mol. The van der Waals surface area contributed by atoms with Gasteiger partial charge in [-0.15, -0.1) is 0 Å². The maximum Gasteiger partial charge on any atom is 0.325 e. The molecule has 0 aliphatic carbocycles. The lowest BCUT2D eigenvalue weighted by atomic mass is 10.2. The van der Waals surface area contributed by atoms with Gasteiger partial charge in [0.15, 0.2) is 0 Å². The summed E-state index contributed by atoms with van der Waals surface area (Å²) in [6.45, 7) is -0.338. The topological polar surface area (TPSA) is 55.1 Å². The first kappa shape index (κ1) is 9.92. The highest BCUT2D eigenvalue weighted by molar-refractivity contribution is 6.34. The Morgan fingerprint density at radius 1 is 1.60 bits per heavy atom. The summed E-state index contributed by atoms with van der Waals surface area (Å²) in [4.78, 5) is 10.5. The Kier molecular flexibility index (Phi) is 2.32. The third kappa shape index (κ3) is 1.78. The summed E-state index contributed by atoms with van der Waals surface area (Å²) >= 11 is 5.87. The van der Waals surface area contributed by atoms with Crippen LogP contribution in [0.1, 0.15) is 0 Å². The molecule has 0 saturated heterocycles. The molecular formula is C9H6ClFN2O2. The molecule has 1 aromatic heterocycles. The number of carbonyl (C=O) groups is 1. The molecule has 0 aliphatic heterocycles. The average Bonchev–Trinajstić information content (AvgIpc) is 2.42. The van der Waals surface area contributed by atoms with Crippen LogP contribution < -0.4 is 0 Å². The number of aliphatic carboxylic acids is 1. The van der Waals surface area contributed by atoms with Crippen LogP contribution in [-0.4, -0.2) is 20.9 Å². The molecule has 1 aromatic carbocycles. The molecule has 2 aromatic rings. The lowest BCUT2D eigenvalue weighted by molar-refractivity contribution is -0.137. The molecule has 0 fully saturated rings. The largest absolute Gasteiger partial charge is 0.480 e. The van der Waals surface area contributed by atoms with E-state index < -0.39 is 11.8 Å². The lowest BCUT2D eigenvalue weighted by Gasteiger charge is -1.96. The van der Waals surface area contributed by atoms with Crippen LogP contribution in [-0.2, 0) is 11.3 Å². The number of fused-ring (bicyclic) bond motifs is 1. The van der Waals surface area contributed by atoms with Crippen molar-refractivity contribution in [1.29, 1.82) is 0 Å². The van der Waals surface area contributed by atoms with E-state index in [9.17, 15) is 9.18 Å². The number of hydrogen-bond donors (Lipinski definition) is 1. The molecule has 0 unspecified atom stereocenters. The number of aromatic nitrogens is 2. The van der Waals surface area contributed by atoms with Crippen molar-refractivity contribution in [3.63, 3.8) is 0 Å². The minimum absolute atomic E-state index is 0.201. The molecule has 0 atom stereocenters. The van der Waals surface area contributed by atoms with Crippen molar-refractivity contribution in [2.75, 3.05) is 0 Å². The van der Waals surface area contributed by atoms with Gasteiger partial charge in [0, 0.05) is 11.5 Å². The van der Waals surface area contributed by atoms with Gasteiger partial charge in [0.25, 0.3) is 0 Å². The van der Waals surface area contributed by atoms with E-state index in [4.69, 9.17) is 16.7 Å². The second-order valence-electron chi connectivity index (χ2n) is 3.00. The van der Waals surface area contributed by atoms with Crippen LogP contribution in [0.4, 0.5) is 4.39 Å². The number of rotatable bonds is 2. The minimum atomic E-state index is -1.05. The number of nitrogens with zero attached hydrogens (tertiary/aromatic N) is 2. The van der Waals surface area contributed by atoms with Crippen molar-refractivity contribution in [2.45, 2.75) is 6.54 Å². The zero-order valence-corrected chi connectivity index (χ0v) is 8.20. The van der Waals surface area contributed by atoms with Crippen LogP contribution in [0.5, 0.6) is 0 Å². The van der Waals surface area contributed by atoms with E-state index in [1.165, 1.54) is 18.2 Å². The van der Waals surface area contributed by atoms with Gasteiger partial charge in [-0.3, -0.25) is 4.79 Å². The predicted octanol–water partition coefficient (Wildman–Crippen LogP) is 1.91. The molecule has 6 heteroatoms. The average molecular weight is 229 g/mol. The van der Waals surface area contributed by atoms with E-state index in [1.54, 1.807) is 0 Å². The van der Waals surface area contributed by atoms with Gasteiger partial charge in [-0.05, 0) is 12.1 Å². The molecule has 4 nitrogen and oxygen atoms in total. The van der Waals surface area contributed by atoms with E-state index in [2.05, 4.69) is 5.10 Å².